The number of rotatable bonds is 6. The summed E-state index contributed by atoms with van der Waals surface area (Å²) in [5, 5.41) is 6.54. The predicted molar refractivity (Wildman–Crippen MR) is 89.9 cm³/mol. The molecule has 6 heteroatoms. The molecule has 1 unspecified atom stereocenters. The maximum atomic E-state index is 11.6. The van der Waals surface area contributed by atoms with Crippen molar-refractivity contribution in [2.45, 2.75) is 46.3 Å². The number of halogens is 1. The van der Waals surface area contributed by atoms with Crippen LogP contribution < -0.4 is 15.4 Å². The van der Waals surface area contributed by atoms with Crippen molar-refractivity contribution in [2.75, 3.05) is 18.5 Å². The summed E-state index contributed by atoms with van der Waals surface area (Å²) in [6, 6.07) is 5.54. The minimum atomic E-state index is -0.497. The Kier molecular flexibility index (Phi) is 6.81. The van der Waals surface area contributed by atoms with Crippen LogP contribution in [0.25, 0.3) is 0 Å². The Balaban J connectivity index is 2.46. The van der Waals surface area contributed by atoms with E-state index in [0.29, 0.717) is 23.9 Å². The number of benzene rings is 1. The van der Waals surface area contributed by atoms with Crippen molar-refractivity contribution < 1.29 is 14.3 Å². The second-order valence-corrected chi connectivity index (χ2v) is 6.41. The molecule has 0 fully saturated rings. The van der Waals surface area contributed by atoms with Crippen molar-refractivity contribution in [3.05, 3.63) is 23.2 Å². The number of carbonyl (C=O) groups excluding carboxylic acids is 1. The first-order valence-electron chi connectivity index (χ1n) is 7.37. The van der Waals surface area contributed by atoms with Gasteiger partial charge in [-0.1, -0.05) is 11.6 Å². The Morgan fingerprint density at radius 3 is 2.59 bits per heavy atom. The monoisotopic (exact) mass is 328 g/mol. The van der Waals surface area contributed by atoms with Gasteiger partial charge in [-0.25, -0.2) is 4.79 Å². The van der Waals surface area contributed by atoms with Crippen LogP contribution in [-0.2, 0) is 4.74 Å². The van der Waals surface area contributed by atoms with E-state index in [4.69, 9.17) is 21.1 Å². The molecular formula is C16H25ClN2O3. The van der Waals surface area contributed by atoms with E-state index >= 15 is 0 Å². The van der Waals surface area contributed by atoms with Crippen LogP contribution in [0.5, 0.6) is 5.75 Å². The van der Waals surface area contributed by atoms with E-state index in [2.05, 4.69) is 10.6 Å². The molecule has 5 nitrogen and oxygen atoms in total. The largest absolute Gasteiger partial charge is 0.492 e. The van der Waals surface area contributed by atoms with Gasteiger partial charge in [-0.15, -0.1) is 0 Å². The SMILES string of the molecule is CCOc1ccc(NC(C)CNC(=O)OC(C)(C)C)cc1Cl. The molecule has 0 aromatic heterocycles. The van der Waals surface area contributed by atoms with E-state index in [1.165, 1.54) is 0 Å². The van der Waals surface area contributed by atoms with E-state index in [1.807, 2.05) is 46.8 Å². The highest BCUT2D eigenvalue weighted by atomic mass is 35.5. The minimum absolute atomic E-state index is 0.0292. The number of amides is 1. The molecule has 0 aliphatic carbocycles. The van der Waals surface area contributed by atoms with Crippen LogP contribution in [-0.4, -0.2) is 30.9 Å². The average molecular weight is 329 g/mol. The van der Waals surface area contributed by atoms with Gasteiger partial charge in [0.1, 0.15) is 11.4 Å². The van der Waals surface area contributed by atoms with Gasteiger partial charge < -0.3 is 20.1 Å². The number of nitrogens with one attached hydrogen (secondary N) is 2. The zero-order chi connectivity index (χ0) is 16.8. The molecule has 0 bridgehead atoms. The lowest BCUT2D eigenvalue weighted by atomic mass is 10.2. The zero-order valence-corrected chi connectivity index (χ0v) is 14.6. The van der Waals surface area contributed by atoms with Gasteiger partial charge in [0.25, 0.3) is 0 Å². The fourth-order valence-electron chi connectivity index (χ4n) is 1.75. The maximum absolute atomic E-state index is 11.6. The Labute approximate surface area is 137 Å². The molecule has 0 saturated carbocycles. The summed E-state index contributed by atoms with van der Waals surface area (Å²) < 4.78 is 10.6. The van der Waals surface area contributed by atoms with Crippen LogP contribution in [0.15, 0.2) is 18.2 Å². The second kappa shape index (κ2) is 8.13. The van der Waals surface area contributed by atoms with Gasteiger partial charge in [-0.2, -0.15) is 0 Å². The van der Waals surface area contributed by atoms with Crippen molar-refractivity contribution in [3.63, 3.8) is 0 Å². The van der Waals surface area contributed by atoms with E-state index < -0.39 is 11.7 Å². The van der Waals surface area contributed by atoms with Gasteiger partial charge in [0.15, 0.2) is 0 Å². The molecule has 0 saturated heterocycles. The minimum Gasteiger partial charge on any atom is -0.492 e. The maximum Gasteiger partial charge on any atom is 0.407 e. The van der Waals surface area contributed by atoms with Crippen molar-refractivity contribution >= 4 is 23.4 Å². The van der Waals surface area contributed by atoms with Gasteiger partial charge in [0.05, 0.1) is 11.6 Å². The van der Waals surface area contributed by atoms with Crippen LogP contribution in [0.1, 0.15) is 34.6 Å². The third-order valence-corrected chi connectivity index (χ3v) is 2.89. The Morgan fingerprint density at radius 2 is 2.05 bits per heavy atom. The fourth-order valence-corrected chi connectivity index (χ4v) is 1.98. The standard InChI is InChI=1S/C16H25ClN2O3/c1-6-21-14-8-7-12(9-13(14)17)19-11(2)10-18-15(20)22-16(3,4)5/h7-9,11,19H,6,10H2,1-5H3,(H,18,20). The van der Waals surface area contributed by atoms with Gasteiger partial charge in [0, 0.05) is 18.3 Å². The highest BCUT2D eigenvalue weighted by molar-refractivity contribution is 6.32. The first-order valence-corrected chi connectivity index (χ1v) is 7.75. The third-order valence-electron chi connectivity index (χ3n) is 2.60. The number of hydrogen-bond donors (Lipinski definition) is 2. The molecule has 1 atom stereocenters. The zero-order valence-electron chi connectivity index (χ0n) is 13.8. The van der Waals surface area contributed by atoms with Crippen LogP contribution in [0.2, 0.25) is 5.02 Å². The van der Waals surface area contributed by atoms with Crippen molar-refractivity contribution in [1.82, 2.24) is 5.32 Å². The van der Waals surface area contributed by atoms with E-state index in [-0.39, 0.29) is 6.04 Å². The lowest BCUT2D eigenvalue weighted by Crippen LogP contribution is -2.38. The van der Waals surface area contributed by atoms with E-state index in [1.54, 1.807) is 6.07 Å². The molecule has 0 heterocycles. The van der Waals surface area contributed by atoms with Crippen molar-refractivity contribution in [3.8, 4) is 5.75 Å². The third kappa shape index (κ3) is 6.89. The summed E-state index contributed by atoms with van der Waals surface area (Å²) in [5.41, 5.74) is 0.371. The van der Waals surface area contributed by atoms with Crippen molar-refractivity contribution in [1.29, 1.82) is 0 Å². The topological polar surface area (TPSA) is 59.6 Å². The summed E-state index contributed by atoms with van der Waals surface area (Å²) in [5.74, 6) is 0.661. The molecule has 2 N–H and O–H groups in total. The second-order valence-electron chi connectivity index (χ2n) is 6.01. The molecule has 0 spiro atoms. The number of alkyl carbamates (subject to hydrolysis) is 1. The Morgan fingerprint density at radius 1 is 1.36 bits per heavy atom. The van der Waals surface area contributed by atoms with Crippen molar-refractivity contribution in [2.24, 2.45) is 0 Å². The molecular weight excluding hydrogens is 304 g/mol. The summed E-state index contributed by atoms with van der Waals surface area (Å²) in [6.45, 7) is 10.4. The molecule has 1 aromatic carbocycles. The lowest BCUT2D eigenvalue weighted by Gasteiger charge is -2.21. The molecule has 0 aliphatic heterocycles. The Hall–Kier alpha value is -1.62. The van der Waals surface area contributed by atoms with Crippen LogP contribution in [0.3, 0.4) is 0 Å². The van der Waals surface area contributed by atoms with E-state index in [0.717, 1.165) is 5.69 Å². The highest BCUT2D eigenvalue weighted by Crippen LogP contribution is 2.27. The lowest BCUT2D eigenvalue weighted by molar-refractivity contribution is 0.0526. The van der Waals surface area contributed by atoms with Crippen LogP contribution in [0.4, 0.5) is 10.5 Å². The first kappa shape index (κ1) is 18.4. The highest BCUT2D eigenvalue weighted by Gasteiger charge is 2.16. The quantitative estimate of drug-likeness (QED) is 0.826. The predicted octanol–water partition coefficient (Wildman–Crippen LogP) is 4.06. The smallest absolute Gasteiger partial charge is 0.407 e. The first-order chi connectivity index (χ1) is 10.2. The molecule has 1 aromatic rings. The summed E-state index contributed by atoms with van der Waals surface area (Å²) in [4.78, 5) is 11.6. The molecule has 0 aliphatic rings. The molecule has 124 valence electrons. The summed E-state index contributed by atoms with van der Waals surface area (Å²) >= 11 is 6.14. The number of anilines is 1. The molecule has 1 rings (SSSR count). The summed E-state index contributed by atoms with van der Waals surface area (Å²) in [7, 11) is 0. The summed E-state index contributed by atoms with van der Waals surface area (Å²) in [6.07, 6.45) is -0.425. The number of carbonyl (C=O) groups is 1. The van der Waals surface area contributed by atoms with Crippen LogP contribution in [0, 0.1) is 0 Å². The molecule has 1 amide bonds. The normalized spacial score (nSPS) is 12.5. The number of hydrogen-bond acceptors (Lipinski definition) is 4. The molecule has 0 radical (unpaired) electrons. The molecule has 22 heavy (non-hydrogen) atoms. The number of ether oxygens (including phenoxy) is 2. The van der Waals surface area contributed by atoms with Gasteiger partial charge in [-0.05, 0) is 52.8 Å². The average Bonchev–Trinajstić information content (AvgIpc) is 2.38. The van der Waals surface area contributed by atoms with Gasteiger partial charge in [0.2, 0.25) is 0 Å². The fraction of sp³-hybridized carbons (Fsp3) is 0.562. The van der Waals surface area contributed by atoms with E-state index in [9.17, 15) is 4.79 Å². The van der Waals surface area contributed by atoms with Gasteiger partial charge >= 0.3 is 6.09 Å². The Bertz CT molecular complexity index is 501. The van der Waals surface area contributed by atoms with Gasteiger partial charge in [-0.3, -0.25) is 0 Å². The van der Waals surface area contributed by atoms with Crippen LogP contribution >= 0.6 is 11.6 Å².